The standard InChI is InChI=1S/C32H35FO6S/c1-3-37-32(34)30-19-29(30)21-8-10-25(11-9-21)39-20-24-17-28-23(18-31(24)33)7-4-6-22-16-26(12-13-27(22)28)38-14-5-15-40(2,35)36/h8-13,16-18,29-30H,3-7,14-15,19-20H2,1-2H3/t29-,30+/m1/s1. The summed E-state index contributed by atoms with van der Waals surface area (Å²) in [6.45, 7) is 2.64. The number of ether oxygens (including phenoxy) is 3. The van der Waals surface area contributed by atoms with Gasteiger partial charge in [0.25, 0.3) is 0 Å². The molecule has 0 amide bonds. The van der Waals surface area contributed by atoms with Gasteiger partial charge in [-0.3, -0.25) is 4.79 Å². The largest absolute Gasteiger partial charge is 0.494 e. The first kappa shape index (κ1) is 28.1. The molecule has 1 saturated carbocycles. The Bertz CT molecular complexity index is 1480. The number of carbonyl (C=O) groups is 1. The first-order chi connectivity index (χ1) is 19.2. The number of hydrogen-bond acceptors (Lipinski definition) is 6. The van der Waals surface area contributed by atoms with E-state index in [-0.39, 0.29) is 36.0 Å². The number of carbonyl (C=O) groups excluding carboxylic acids is 1. The van der Waals surface area contributed by atoms with E-state index in [1.807, 2.05) is 55.5 Å². The molecule has 3 aromatic carbocycles. The Morgan fingerprint density at radius 2 is 1.68 bits per heavy atom. The molecule has 3 aromatic rings. The van der Waals surface area contributed by atoms with Gasteiger partial charge in [0, 0.05) is 11.8 Å². The number of aryl methyl sites for hydroxylation is 2. The van der Waals surface area contributed by atoms with Crippen LogP contribution in [-0.2, 0) is 38.8 Å². The molecule has 0 aromatic heterocycles. The average molecular weight is 567 g/mol. The molecule has 5 rings (SSSR count). The highest BCUT2D eigenvalue weighted by atomic mass is 32.2. The van der Waals surface area contributed by atoms with Gasteiger partial charge in [-0.15, -0.1) is 0 Å². The van der Waals surface area contributed by atoms with Gasteiger partial charge in [0.15, 0.2) is 0 Å². The van der Waals surface area contributed by atoms with Crippen molar-refractivity contribution in [2.24, 2.45) is 5.92 Å². The van der Waals surface area contributed by atoms with E-state index in [4.69, 9.17) is 14.2 Å². The number of halogens is 1. The molecule has 2 aliphatic rings. The van der Waals surface area contributed by atoms with Gasteiger partial charge in [0.05, 0.1) is 24.9 Å². The molecule has 8 heteroatoms. The number of benzene rings is 3. The van der Waals surface area contributed by atoms with E-state index in [2.05, 4.69) is 0 Å². The third kappa shape index (κ3) is 6.84. The fraction of sp³-hybridized carbons (Fsp3) is 0.406. The van der Waals surface area contributed by atoms with Gasteiger partial charge in [0.1, 0.15) is 33.8 Å². The van der Waals surface area contributed by atoms with Crippen molar-refractivity contribution >= 4 is 15.8 Å². The third-order valence-corrected chi connectivity index (χ3v) is 8.57. The van der Waals surface area contributed by atoms with Gasteiger partial charge >= 0.3 is 5.97 Å². The first-order valence-corrected chi connectivity index (χ1v) is 15.9. The maximum absolute atomic E-state index is 15.1. The van der Waals surface area contributed by atoms with Crippen LogP contribution in [0.4, 0.5) is 4.39 Å². The van der Waals surface area contributed by atoms with Crippen molar-refractivity contribution in [3.63, 3.8) is 0 Å². The predicted octanol–water partition coefficient (Wildman–Crippen LogP) is 6.04. The van der Waals surface area contributed by atoms with Crippen molar-refractivity contribution in [2.75, 3.05) is 25.2 Å². The van der Waals surface area contributed by atoms with Crippen molar-refractivity contribution in [2.45, 2.75) is 51.6 Å². The van der Waals surface area contributed by atoms with E-state index in [1.54, 1.807) is 6.07 Å². The smallest absolute Gasteiger partial charge is 0.309 e. The lowest BCUT2D eigenvalue weighted by molar-refractivity contribution is -0.144. The molecule has 0 aliphatic heterocycles. The molecular weight excluding hydrogens is 531 g/mol. The summed E-state index contributed by atoms with van der Waals surface area (Å²) in [6, 6.07) is 17.1. The summed E-state index contributed by atoms with van der Waals surface area (Å²) in [5.74, 6) is 1.16. The van der Waals surface area contributed by atoms with Gasteiger partial charge in [-0.1, -0.05) is 18.2 Å². The Hall–Kier alpha value is -3.39. The zero-order chi connectivity index (χ0) is 28.3. The lowest BCUT2D eigenvalue weighted by Crippen LogP contribution is -2.08. The Kier molecular flexibility index (Phi) is 8.45. The van der Waals surface area contributed by atoms with E-state index in [9.17, 15) is 13.2 Å². The van der Waals surface area contributed by atoms with Crippen LogP contribution >= 0.6 is 0 Å². The zero-order valence-electron chi connectivity index (χ0n) is 23.0. The van der Waals surface area contributed by atoms with E-state index in [0.29, 0.717) is 36.7 Å². The minimum absolute atomic E-state index is 0.0641. The van der Waals surface area contributed by atoms with Crippen LogP contribution in [0, 0.1) is 11.7 Å². The number of rotatable bonds is 11. The maximum Gasteiger partial charge on any atom is 0.309 e. The zero-order valence-corrected chi connectivity index (χ0v) is 23.8. The summed E-state index contributed by atoms with van der Waals surface area (Å²) < 4.78 is 54.7. The molecule has 0 bridgehead atoms. The Morgan fingerprint density at radius 3 is 2.40 bits per heavy atom. The second-order valence-corrected chi connectivity index (χ2v) is 12.9. The summed E-state index contributed by atoms with van der Waals surface area (Å²) >= 11 is 0. The van der Waals surface area contributed by atoms with Crippen LogP contribution in [0.25, 0.3) is 11.1 Å². The van der Waals surface area contributed by atoms with Crippen molar-refractivity contribution in [3.05, 3.63) is 82.7 Å². The Balaban J connectivity index is 1.25. The van der Waals surface area contributed by atoms with Crippen LogP contribution in [0.1, 0.15) is 54.4 Å². The van der Waals surface area contributed by atoms with E-state index >= 15 is 4.39 Å². The highest BCUT2D eigenvalue weighted by Crippen LogP contribution is 2.48. The molecule has 0 radical (unpaired) electrons. The highest BCUT2D eigenvalue weighted by Gasteiger charge is 2.45. The van der Waals surface area contributed by atoms with Crippen LogP contribution < -0.4 is 9.47 Å². The van der Waals surface area contributed by atoms with Crippen molar-refractivity contribution in [3.8, 4) is 22.6 Å². The average Bonchev–Trinajstić information content (AvgIpc) is 3.74. The molecule has 2 aliphatic carbocycles. The summed E-state index contributed by atoms with van der Waals surface area (Å²) in [5.41, 5.74) is 5.74. The van der Waals surface area contributed by atoms with Crippen LogP contribution in [0.3, 0.4) is 0 Å². The summed E-state index contributed by atoms with van der Waals surface area (Å²) in [4.78, 5) is 11.9. The molecular formula is C32H35FO6S. The van der Waals surface area contributed by atoms with E-state index < -0.39 is 9.84 Å². The molecule has 40 heavy (non-hydrogen) atoms. The Labute approximate surface area is 235 Å². The minimum atomic E-state index is -3.01. The molecule has 6 nitrogen and oxygen atoms in total. The molecule has 0 N–H and O–H groups in total. The van der Waals surface area contributed by atoms with Gasteiger partial charge in [-0.25, -0.2) is 12.8 Å². The van der Waals surface area contributed by atoms with Crippen LogP contribution in [-0.4, -0.2) is 39.6 Å². The van der Waals surface area contributed by atoms with Crippen LogP contribution in [0.2, 0.25) is 0 Å². The number of esters is 1. The molecule has 0 unspecified atom stereocenters. The van der Waals surface area contributed by atoms with Gasteiger partial charge in [0.2, 0.25) is 0 Å². The normalized spacial score (nSPS) is 17.8. The van der Waals surface area contributed by atoms with Crippen LogP contribution in [0.15, 0.2) is 54.6 Å². The summed E-state index contributed by atoms with van der Waals surface area (Å²) in [7, 11) is -3.01. The fourth-order valence-corrected chi connectivity index (χ4v) is 6.03. The fourth-order valence-electron chi connectivity index (χ4n) is 5.38. The minimum Gasteiger partial charge on any atom is -0.494 e. The van der Waals surface area contributed by atoms with Crippen molar-refractivity contribution in [1.29, 1.82) is 0 Å². The molecule has 0 heterocycles. The topological polar surface area (TPSA) is 78.9 Å². The Morgan fingerprint density at radius 1 is 0.950 bits per heavy atom. The van der Waals surface area contributed by atoms with E-state index in [0.717, 1.165) is 53.5 Å². The van der Waals surface area contributed by atoms with Crippen LogP contribution in [0.5, 0.6) is 11.5 Å². The second kappa shape index (κ2) is 12.0. The van der Waals surface area contributed by atoms with Gasteiger partial charge in [-0.05, 0) is 109 Å². The lowest BCUT2D eigenvalue weighted by Gasteiger charge is -2.15. The number of fused-ring (bicyclic) bond motifs is 3. The lowest BCUT2D eigenvalue weighted by atomic mass is 9.94. The monoisotopic (exact) mass is 566 g/mol. The van der Waals surface area contributed by atoms with Gasteiger partial charge < -0.3 is 14.2 Å². The SMILES string of the molecule is CCOC(=O)[C@H]1C[C@@H]1c1ccc(OCc2cc3c(cc2F)CCCc2cc(OCCCS(C)(=O)=O)ccc2-3)cc1. The third-order valence-electron chi connectivity index (χ3n) is 7.54. The quantitative estimate of drug-likeness (QED) is 0.208. The maximum atomic E-state index is 15.1. The second-order valence-electron chi connectivity index (χ2n) is 10.7. The molecule has 0 saturated heterocycles. The van der Waals surface area contributed by atoms with Crippen molar-refractivity contribution in [1.82, 2.24) is 0 Å². The molecule has 212 valence electrons. The highest BCUT2D eigenvalue weighted by molar-refractivity contribution is 7.90. The van der Waals surface area contributed by atoms with Crippen molar-refractivity contribution < 1.29 is 31.8 Å². The first-order valence-electron chi connectivity index (χ1n) is 13.9. The molecule has 0 spiro atoms. The number of sulfone groups is 1. The molecule has 1 fully saturated rings. The van der Waals surface area contributed by atoms with Gasteiger partial charge in [-0.2, -0.15) is 0 Å². The summed E-state index contributed by atoms with van der Waals surface area (Å²) in [5, 5.41) is 0. The summed E-state index contributed by atoms with van der Waals surface area (Å²) in [6.07, 6.45) is 5.00. The molecule has 2 atom stereocenters. The predicted molar refractivity (Wildman–Crippen MR) is 152 cm³/mol. The van der Waals surface area contributed by atoms with E-state index in [1.165, 1.54) is 6.26 Å². The number of hydrogen-bond donors (Lipinski definition) is 0.